The molecular weight excluding hydrogens is 444 g/mol. The van der Waals surface area contributed by atoms with Crippen LogP contribution in [0.15, 0.2) is 60.8 Å². The number of carbonyl (C=O) groups is 1. The molecule has 1 heterocycles. The number of nitrogens with one attached hydrogen (secondary N) is 2. The number of nitrogen functional groups attached to an aromatic ring is 1. The van der Waals surface area contributed by atoms with Crippen LogP contribution < -0.4 is 21.1 Å². The van der Waals surface area contributed by atoms with Crippen molar-refractivity contribution in [3.05, 3.63) is 83.0 Å². The van der Waals surface area contributed by atoms with Crippen LogP contribution in [0.3, 0.4) is 0 Å². The van der Waals surface area contributed by atoms with Gasteiger partial charge in [0.15, 0.2) is 11.5 Å². The first-order chi connectivity index (χ1) is 16.7. The van der Waals surface area contributed by atoms with Gasteiger partial charge in [0.25, 0.3) is 5.91 Å². The summed E-state index contributed by atoms with van der Waals surface area (Å²) in [5.74, 6) is 0.773. The monoisotopic (exact) mass is 478 g/mol. The third-order valence-corrected chi connectivity index (χ3v) is 5.75. The molecule has 6 N–H and O–H groups in total. The maximum absolute atomic E-state index is 12.7. The van der Waals surface area contributed by atoms with Crippen molar-refractivity contribution in [2.75, 3.05) is 25.9 Å². The Morgan fingerprint density at radius 2 is 1.94 bits per heavy atom. The van der Waals surface area contributed by atoms with Crippen molar-refractivity contribution in [1.29, 1.82) is 0 Å². The zero-order valence-electron chi connectivity index (χ0n) is 20.4. The van der Waals surface area contributed by atoms with Crippen LogP contribution in [0.5, 0.6) is 11.5 Å². The first-order valence-corrected chi connectivity index (χ1v) is 11.5. The van der Waals surface area contributed by atoms with Gasteiger partial charge in [-0.05, 0) is 68.1 Å². The van der Waals surface area contributed by atoms with E-state index in [9.17, 15) is 15.0 Å². The van der Waals surface area contributed by atoms with Gasteiger partial charge in [0.2, 0.25) is 0 Å². The molecule has 0 fully saturated rings. The number of pyridine rings is 1. The average molecular weight is 479 g/mol. The lowest BCUT2D eigenvalue weighted by atomic mass is 9.93. The summed E-state index contributed by atoms with van der Waals surface area (Å²) < 4.78 is 5.13. The van der Waals surface area contributed by atoms with Gasteiger partial charge in [0, 0.05) is 36.0 Å². The maximum Gasteiger partial charge on any atom is 0.251 e. The van der Waals surface area contributed by atoms with Crippen LogP contribution in [0.4, 0.5) is 5.82 Å². The highest BCUT2D eigenvalue weighted by molar-refractivity contribution is 5.94. The maximum atomic E-state index is 12.7. The average Bonchev–Trinajstić information content (AvgIpc) is 2.84. The molecular formula is C27H34N4O4. The number of aliphatic hydroxyl groups excluding tert-OH is 1. The second kappa shape index (κ2) is 11.7. The third-order valence-electron chi connectivity index (χ3n) is 5.75. The van der Waals surface area contributed by atoms with Crippen LogP contribution in [-0.4, -0.2) is 46.8 Å². The molecule has 8 nitrogen and oxygen atoms in total. The predicted octanol–water partition coefficient (Wildman–Crippen LogP) is 2.99. The molecule has 0 bridgehead atoms. The number of aromatic hydroxyl groups is 1. The summed E-state index contributed by atoms with van der Waals surface area (Å²) in [6.07, 6.45) is 2.17. The highest BCUT2D eigenvalue weighted by Crippen LogP contribution is 2.26. The van der Waals surface area contributed by atoms with E-state index in [1.165, 1.54) is 7.11 Å². The zero-order valence-corrected chi connectivity index (χ0v) is 20.4. The SMILES string of the molecule is COc1cc(CCNC(=O)c2cccc(CC(C)(C)NC[C@@H](O)c3ccc(N)nc3)c2)ccc1O. The van der Waals surface area contributed by atoms with E-state index in [4.69, 9.17) is 10.5 Å². The van der Waals surface area contributed by atoms with Gasteiger partial charge in [-0.1, -0.05) is 24.3 Å². The fourth-order valence-electron chi connectivity index (χ4n) is 3.80. The van der Waals surface area contributed by atoms with Gasteiger partial charge in [-0.15, -0.1) is 0 Å². The van der Waals surface area contributed by atoms with Gasteiger partial charge in [0.05, 0.1) is 13.2 Å². The molecule has 0 aliphatic rings. The van der Waals surface area contributed by atoms with Crippen molar-refractivity contribution >= 4 is 11.7 Å². The number of rotatable bonds is 11. The Balaban J connectivity index is 1.52. The van der Waals surface area contributed by atoms with E-state index in [2.05, 4.69) is 29.5 Å². The Bertz CT molecular complexity index is 1130. The molecule has 0 saturated heterocycles. The van der Waals surface area contributed by atoms with Crippen molar-refractivity contribution in [2.45, 2.75) is 38.3 Å². The molecule has 0 unspecified atom stereocenters. The number of aromatic nitrogens is 1. The number of aliphatic hydroxyl groups is 1. The number of carbonyl (C=O) groups excluding carboxylic acids is 1. The Labute approximate surface area is 206 Å². The van der Waals surface area contributed by atoms with Crippen LogP contribution in [0.25, 0.3) is 0 Å². The summed E-state index contributed by atoms with van der Waals surface area (Å²) in [6, 6.07) is 16.1. The number of nitrogens with zero attached hydrogens (tertiary/aromatic N) is 1. The van der Waals surface area contributed by atoms with Gasteiger partial charge < -0.3 is 31.3 Å². The molecule has 0 aliphatic carbocycles. The van der Waals surface area contributed by atoms with Gasteiger partial charge in [0.1, 0.15) is 5.82 Å². The number of ether oxygens (including phenoxy) is 1. The van der Waals surface area contributed by atoms with E-state index in [0.29, 0.717) is 48.6 Å². The van der Waals surface area contributed by atoms with E-state index in [-0.39, 0.29) is 17.2 Å². The molecule has 0 spiro atoms. The highest BCUT2D eigenvalue weighted by Gasteiger charge is 2.20. The van der Waals surface area contributed by atoms with E-state index in [1.54, 1.807) is 42.6 Å². The van der Waals surface area contributed by atoms with Crippen molar-refractivity contribution in [3.63, 3.8) is 0 Å². The van der Waals surface area contributed by atoms with E-state index in [1.807, 2.05) is 18.2 Å². The number of amides is 1. The standard InChI is InChI=1S/C27H34N4O4/c1-27(2,31-17-23(33)21-8-10-25(28)30-16-21)15-19-5-4-6-20(13-19)26(34)29-12-11-18-7-9-22(32)24(14-18)35-3/h4-10,13-14,16,23,31-33H,11-12,15,17H2,1-3H3,(H2,28,30)(H,29,34)/t23-/m1/s1. The number of β-amino-alcohol motifs (C(OH)–C–C–N with tert-alkyl or cyclic N) is 1. The lowest BCUT2D eigenvalue weighted by Gasteiger charge is -2.28. The largest absolute Gasteiger partial charge is 0.504 e. The highest BCUT2D eigenvalue weighted by atomic mass is 16.5. The summed E-state index contributed by atoms with van der Waals surface area (Å²) in [5.41, 5.74) is 8.56. The fourth-order valence-corrected chi connectivity index (χ4v) is 3.80. The number of phenols is 1. The van der Waals surface area contributed by atoms with Crippen LogP contribution >= 0.6 is 0 Å². The molecule has 1 aromatic heterocycles. The molecule has 35 heavy (non-hydrogen) atoms. The summed E-state index contributed by atoms with van der Waals surface area (Å²) in [7, 11) is 1.50. The minimum Gasteiger partial charge on any atom is -0.504 e. The van der Waals surface area contributed by atoms with Crippen molar-refractivity contribution < 1.29 is 19.7 Å². The third kappa shape index (κ3) is 7.70. The number of anilines is 1. The summed E-state index contributed by atoms with van der Waals surface area (Å²) >= 11 is 0. The summed E-state index contributed by atoms with van der Waals surface area (Å²) in [6.45, 7) is 4.93. The number of methoxy groups -OCH3 is 1. The molecule has 0 saturated carbocycles. The minimum atomic E-state index is -0.701. The first-order valence-electron chi connectivity index (χ1n) is 11.5. The number of benzene rings is 2. The first kappa shape index (κ1) is 26.0. The quantitative estimate of drug-likeness (QED) is 0.286. The van der Waals surface area contributed by atoms with Crippen molar-refractivity contribution in [1.82, 2.24) is 15.6 Å². The Morgan fingerprint density at radius 1 is 1.14 bits per heavy atom. The summed E-state index contributed by atoms with van der Waals surface area (Å²) in [5, 5.41) is 26.5. The van der Waals surface area contributed by atoms with Crippen LogP contribution in [0.2, 0.25) is 0 Å². The Hall–Kier alpha value is -3.62. The zero-order chi connectivity index (χ0) is 25.4. The number of hydrogen-bond acceptors (Lipinski definition) is 7. The Morgan fingerprint density at radius 3 is 2.66 bits per heavy atom. The second-order valence-electron chi connectivity index (χ2n) is 9.19. The fraction of sp³-hybridized carbons (Fsp3) is 0.333. The van der Waals surface area contributed by atoms with E-state index >= 15 is 0 Å². The normalized spacial score (nSPS) is 12.2. The number of hydrogen-bond donors (Lipinski definition) is 5. The van der Waals surface area contributed by atoms with Gasteiger partial charge >= 0.3 is 0 Å². The second-order valence-corrected chi connectivity index (χ2v) is 9.19. The van der Waals surface area contributed by atoms with Crippen LogP contribution in [-0.2, 0) is 12.8 Å². The lowest BCUT2D eigenvalue weighted by molar-refractivity contribution is 0.0954. The smallest absolute Gasteiger partial charge is 0.251 e. The lowest BCUT2D eigenvalue weighted by Crippen LogP contribution is -2.43. The molecule has 8 heteroatoms. The molecule has 186 valence electrons. The molecule has 3 rings (SSSR count). The molecule has 1 atom stereocenters. The summed E-state index contributed by atoms with van der Waals surface area (Å²) in [4.78, 5) is 16.7. The molecule has 0 aliphatic heterocycles. The van der Waals surface area contributed by atoms with Gasteiger partial charge in [-0.25, -0.2) is 4.98 Å². The molecule has 3 aromatic rings. The van der Waals surface area contributed by atoms with Gasteiger partial charge in [-0.2, -0.15) is 0 Å². The topological polar surface area (TPSA) is 130 Å². The molecule has 0 radical (unpaired) electrons. The molecule has 2 aromatic carbocycles. The predicted molar refractivity (Wildman–Crippen MR) is 137 cm³/mol. The van der Waals surface area contributed by atoms with Crippen LogP contribution in [0.1, 0.15) is 47.0 Å². The van der Waals surface area contributed by atoms with Gasteiger partial charge in [-0.3, -0.25) is 4.79 Å². The Kier molecular flexibility index (Phi) is 8.68. The number of phenolic OH excluding ortho intramolecular Hbond substituents is 1. The van der Waals surface area contributed by atoms with Crippen molar-refractivity contribution in [3.8, 4) is 11.5 Å². The van der Waals surface area contributed by atoms with Crippen LogP contribution in [0, 0.1) is 0 Å². The van der Waals surface area contributed by atoms with E-state index < -0.39 is 6.10 Å². The van der Waals surface area contributed by atoms with Crippen molar-refractivity contribution in [2.24, 2.45) is 0 Å². The van der Waals surface area contributed by atoms with E-state index in [0.717, 1.165) is 11.1 Å². The number of nitrogens with two attached hydrogens (primary N) is 1. The molecule has 1 amide bonds. The minimum absolute atomic E-state index is 0.0892.